The fraction of sp³-hybridized carbons (Fsp3) is 0.400. The van der Waals surface area contributed by atoms with Crippen molar-refractivity contribution in [3.63, 3.8) is 0 Å². The van der Waals surface area contributed by atoms with E-state index in [2.05, 4.69) is 0 Å². The van der Waals surface area contributed by atoms with Crippen LogP contribution in [0.1, 0.15) is 12.2 Å². The fourth-order valence-electron chi connectivity index (χ4n) is 1.65. The lowest BCUT2D eigenvalue weighted by Gasteiger charge is -2.38. The van der Waals surface area contributed by atoms with Crippen LogP contribution >= 0.6 is 0 Å². The van der Waals surface area contributed by atoms with Gasteiger partial charge in [0.2, 0.25) is 11.8 Å². The summed E-state index contributed by atoms with van der Waals surface area (Å²) in [5, 5.41) is -0.430. The Morgan fingerprint density at radius 2 is 2.41 bits per heavy atom. The van der Waals surface area contributed by atoms with Crippen molar-refractivity contribution in [1.29, 1.82) is 0 Å². The van der Waals surface area contributed by atoms with Crippen LogP contribution in [0.15, 0.2) is 22.8 Å². The molecule has 2 N–H and O–H groups in total. The molecule has 6 nitrogen and oxygen atoms in total. The minimum atomic E-state index is -1.27. The maximum atomic E-state index is 11.9. The monoisotopic (exact) mass is 256 g/mol. The first-order valence-corrected chi connectivity index (χ1v) is 6.43. The zero-order valence-corrected chi connectivity index (χ0v) is 9.81. The normalized spacial score (nSPS) is 21.1. The van der Waals surface area contributed by atoms with E-state index in [-0.39, 0.29) is 24.6 Å². The van der Waals surface area contributed by atoms with E-state index in [1.165, 1.54) is 11.2 Å². The molecule has 0 spiro atoms. The van der Waals surface area contributed by atoms with Crippen LogP contribution in [0.4, 0.5) is 0 Å². The van der Waals surface area contributed by atoms with Gasteiger partial charge in [0.25, 0.3) is 0 Å². The highest BCUT2D eigenvalue weighted by Crippen LogP contribution is 2.23. The Morgan fingerprint density at radius 3 is 2.94 bits per heavy atom. The summed E-state index contributed by atoms with van der Waals surface area (Å²) in [4.78, 5) is 23.2. The fourth-order valence-corrected chi connectivity index (χ4v) is 3.09. The lowest BCUT2D eigenvalue weighted by molar-refractivity contribution is -0.144. The van der Waals surface area contributed by atoms with E-state index in [9.17, 15) is 13.8 Å². The molecule has 0 radical (unpaired) electrons. The highest BCUT2D eigenvalue weighted by atomic mass is 32.2. The molecule has 1 aliphatic heterocycles. The number of likely N-dealkylation sites (tertiary alicyclic amines) is 1. The van der Waals surface area contributed by atoms with Crippen molar-refractivity contribution in [2.45, 2.75) is 17.5 Å². The Kier molecular flexibility index (Phi) is 3.28. The van der Waals surface area contributed by atoms with Crippen LogP contribution in [0.25, 0.3) is 0 Å². The molecule has 17 heavy (non-hydrogen) atoms. The Labute approximate surface area is 100 Å². The summed E-state index contributed by atoms with van der Waals surface area (Å²) in [7, 11) is -1.27. The van der Waals surface area contributed by atoms with E-state index in [1.807, 2.05) is 0 Å². The number of hydrogen-bond donors (Lipinski definition) is 1. The van der Waals surface area contributed by atoms with E-state index in [0.717, 1.165) is 0 Å². The molecule has 7 heteroatoms. The summed E-state index contributed by atoms with van der Waals surface area (Å²) in [5.41, 5.74) is 5.01. The van der Waals surface area contributed by atoms with E-state index in [0.29, 0.717) is 5.76 Å². The molecule has 0 aromatic carbocycles. The summed E-state index contributed by atoms with van der Waals surface area (Å²) in [6.07, 6.45) is 1.69. The average molecular weight is 256 g/mol. The number of rotatable bonds is 5. The number of carbonyl (C=O) groups is 2. The number of primary amides is 1. The highest BCUT2D eigenvalue weighted by Gasteiger charge is 2.40. The summed E-state index contributed by atoms with van der Waals surface area (Å²) in [5.74, 6) is 0.0431. The van der Waals surface area contributed by atoms with Crippen LogP contribution in [0.5, 0.6) is 0 Å². The molecule has 2 unspecified atom stereocenters. The molecule has 2 amide bonds. The number of nitrogens with two attached hydrogens (primary N) is 1. The molecule has 1 aromatic heterocycles. The standard InChI is InChI=1S/C10H12N2O4S/c11-8(13)5-12-9(14)4-10(12)17(15)6-7-2-1-3-16-7/h1-3,10H,4-6H2,(H2,11,13). The Hall–Kier alpha value is -1.63. The van der Waals surface area contributed by atoms with Crippen LogP contribution in [0.2, 0.25) is 0 Å². The summed E-state index contributed by atoms with van der Waals surface area (Å²) >= 11 is 0. The van der Waals surface area contributed by atoms with Crippen molar-refractivity contribution in [3.8, 4) is 0 Å². The van der Waals surface area contributed by atoms with Gasteiger partial charge >= 0.3 is 0 Å². The van der Waals surface area contributed by atoms with E-state index in [1.54, 1.807) is 12.1 Å². The molecule has 2 atom stereocenters. The van der Waals surface area contributed by atoms with E-state index >= 15 is 0 Å². The minimum absolute atomic E-state index is 0.173. The SMILES string of the molecule is NC(=O)CN1C(=O)CC1S(=O)Cc1ccco1. The van der Waals surface area contributed by atoms with E-state index < -0.39 is 22.1 Å². The molecule has 92 valence electrons. The topological polar surface area (TPSA) is 93.6 Å². The Morgan fingerprint density at radius 1 is 1.65 bits per heavy atom. The first-order valence-electron chi connectivity index (χ1n) is 5.05. The van der Waals surface area contributed by atoms with Gasteiger partial charge in [-0.1, -0.05) is 0 Å². The molecule has 1 aromatic rings. The molecule has 0 saturated carbocycles. The van der Waals surface area contributed by atoms with Gasteiger partial charge in [-0.15, -0.1) is 0 Å². The molecule has 1 fully saturated rings. The number of carbonyl (C=O) groups excluding carboxylic acids is 2. The molecule has 0 aliphatic carbocycles. The third-order valence-corrected chi connectivity index (χ3v) is 4.11. The lowest BCUT2D eigenvalue weighted by Crippen LogP contribution is -2.57. The number of hydrogen-bond acceptors (Lipinski definition) is 4. The van der Waals surface area contributed by atoms with Crippen molar-refractivity contribution in [3.05, 3.63) is 24.2 Å². The van der Waals surface area contributed by atoms with Crippen LogP contribution in [-0.2, 0) is 26.1 Å². The largest absolute Gasteiger partial charge is 0.468 e. The van der Waals surface area contributed by atoms with Gasteiger partial charge in [0, 0.05) is 0 Å². The average Bonchev–Trinajstić information content (AvgIpc) is 2.75. The van der Waals surface area contributed by atoms with Crippen molar-refractivity contribution in [2.24, 2.45) is 5.73 Å². The van der Waals surface area contributed by atoms with Crippen LogP contribution in [0.3, 0.4) is 0 Å². The minimum Gasteiger partial charge on any atom is -0.468 e. The lowest BCUT2D eigenvalue weighted by atomic mass is 10.2. The number of furan rings is 1. The second-order valence-corrected chi connectivity index (χ2v) is 5.35. The van der Waals surface area contributed by atoms with Crippen molar-refractivity contribution in [2.75, 3.05) is 6.54 Å². The summed E-state index contributed by atoms with van der Waals surface area (Å²) in [6, 6.07) is 3.43. The van der Waals surface area contributed by atoms with Gasteiger partial charge in [-0.3, -0.25) is 13.8 Å². The predicted octanol–water partition coefficient (Wildman–Crippen LogP) is -0.428. The molecule has 2 heterocycles. The van der Waals surface area contributed by atoms with Crippen molar-refractivity contribution >= 4 is 22.6 Å². The van der Waals surface area contributed by atoms with Gasteiger partial charge in [-0.05, 0) is 12.1 Å². The second kappa shape index (κ2) is 4.70. The van der Waals surface area contributed by atoms with Crippen molar-refractivity contribution in [1.82, 2.24) is 4.90 Å². The van der Waals surface area contributed by atoms with Gasteiger partial charge in [-0.2, -0.15) is 0 Å². The van der Waals surface area contributed by atoms with Crippen molar-refractivity contribution < 1.29 is 18.2 Å². The van der Waals surface area contributed by atoms with E-state index in [4.69, 9.17) is 10.2 Å². The zero-order valence-electron chi connectivity index (χ0n) is 9.00. The van der Waals surface area contributed by atoms with Gasteiger partial charge < -0.3 is 15.1 Å². The van der Waals surface area contributed by atoms with Crippen LogP contribution in [0, 0.1) is 0 Å². The second-order valence-electron chi connectivity index (χ2n) is 3.75. The molecule has 0 bridgehead atoms. The summed E-state index contributed by atoms with van der Waals surface area (Å²) in [6.45, 7) is -0.173. The van der Waals surface area contributed by atoms with Gasteiger partial charge in [0.05, 0.1) is 29.2 Å². The predicted molar refractivity (Wildman–Crippen MR) is 59.9 cm³/mol. The van der Waals surface area contributed by atoms with Gasteiger partial charge in [-0.25, -0.2) is 0 Å². The third kappa shape index (κ3) is 2.55. The maximum absolute atomic E-state index is 11.9. The van der Waals surface area contributed by atoms with Crippen LogP contribution < -0.4 is 5.73 Å². The first kappa shape index (κ1) is 11.8. The Bertz CT molecular complexity index is 457. The first-order chi connectivity index (χ1) is 8.08. The maximum Gasteiger partial charge on any atom is 0.237 e. The molecular weight excluding hydrogens is 244 g/mol. The van der Waals surface area contributed by atoms with Gasteiger partial charge in [0.1, 0.15) is 17.7 Å². The number of β-lactam (4-membered cyclic amide) rings is 1. The third-order valence-electron chi connectivity index (χ3n) is 2.51. The zero-order chi connectivity index (χ0) is 12.4. The highest BCUT2D eigenvalue weighted by molar-refractivity contribution is 7.84. The quantitative estimate of drug-likeness (QED) is 0.723. The van der Waals surface area contributed by atoms with Crippen LogP contribution in [-0.4, -0.2) is 32.8 Å². The molecule has 1 aliphatic rings. The smallest absolute Gasteiger partial charge is 0.237 e. The molecule has 2 rings (SSSR count). The number of amides is 2. The summed E-state index contributed by atoms with van der Waals surface area (Å²) < 4.78 is 17.0. The number of nitrogens with zero attached hydrogens (tertiary/aromatic N) is 1. The Balaban J connectivity index is 1.96. The molecular formula is C10H12N2O4S. The van der Waals surface area contributed by atoms with Gasteiger partial charge in [0.15, 0.2) is 0 Å². The molecule has 1 saturated heterocycles.